The molecule has 0 saturated carbocycles. The number of esters is 1. The van der Waals surface area contributed by atoms with Crippen molar-refractivity contribution in [3.05, 3.63) is 69.2 Å². The summed E-state index contributed by atoms with van der Waals surface area (Å²) in [6.45, 7) is 3.44. The van der Waals surface area contributed by atoms with Crippen molar-refractivity contribution < 1.29 is 18.9 Å². The van der Waals surface area contributed by atoms with Crippen LogP contribution < -0.4 is 0 Å². The molecule has 0 spiro atoms. The molecule has 25 heavy (non-hydrogen) atoms. The number of hydrogen-bond acceptors (Lipinski definition) is 6. The van der Waals surface area contributed by atoms with E-state index in [1.165, 1.54) is 12.1 Å². The molecule has 2 aromatic carbocycles. The first kappa shape index (κ1) is 16.8. The minimum atomic E-state index is -0.745. The number of non-ortho nitro benzene ring substituents is 1. The second-order valence-electron chi connectivity index (χ2n) is 5.02. The predicted molar refractivity (Wildman–Crippen MR) is 94.3 cm³/mol. The fourth-order valence-corrected chi connectivity index (χ4v) is 2.63. The summed E-state index contributed by atoms with van der Waals surface area (Å²) >= 11 is 3.36. The van der Waals surface area contributed by atoms with Crippen LogP contribution in [-0.2, 0) is 4.74 Å². The van der Waals surface area contributed by atoms with Crippen molar-refractivity contribution in [1.82, 2.24) is 4.98 Å². The minimum Gasteiger partial charge on any atom is -0.458 e. The highest BCUT2D eigenvalue weighted by atomic mass is 79.9. The average Bonchev–Trinajstić information content (AvgIpc) is 3.02. The molecule has 0 bridgehead atoms. The van der Waals surface area contributed by atoms with Gasteiger partial charge in [-0.2, -0.15) is 0 Å². The van der Waals surface area contributed by atoms with Gasteiger partial charge in [0.2, 0.25) is 5.89 Å². The van der Waals surface area contributed by atoms with E-state index >= 15 is 0 Å². The number of fused-ring (bicyclic) bond motifs is 1. The molecule has 0 N–H and O–H groups in total. The van der Waals surface area contributed by atoms with Gasteiger partial charge in [0.15, 0.2) is 5.58 Å². The molecule has 3 aromatic rings. The summed E-state index contributed by atoms with van der Waals surface area (Å²) < 4.78 is 11.5. The van der Waals surface area contributed by atoms with E-state index in [2.05, 4.69) is 27.5 Å². The highest BCUT2D eigenvalue weighted by molar-refractivity contribution is 9.10. The lowest BCUT2D eigenvalue weighted by Crippen LogP contribution is -2.06. The quantitative estimate of drug-likeness (QED) is 0.269. The number of nitro benzene ring substituents is 1. The maximum atomic E-state index is 12.2. The molecule has 0 atom stereocenters. The zero-order chi connectivity index (χ0) is 18.0. The lowest BCUT2D eigenvalue weighted by atomic mass is 10.1. The molecule has 0 aliphatic rings. The van der Waals surface area contributed by atoms with E-state index in [1.54, 1.807) is 18.2 Å². The molecule has 8 heteroatoms. The number of carbonyl (C=O) groups is 1. The first-order valence-corrected chi connectivity index (χ1v) is 7.92. The van der Waals surface area contributed by atoms with Gasteiger partial charge in [0, 0.05) is 22.2 Å². The van der Waals surface area contributed by atoms with Crippen molar-refractivity contribution in [2.45, 2.75) is 0 Å². The predicted octanol–water partition coefficient (Wildman–Crippen LogP) is 4.51. The number of carbonyl (C=O) groups excluding carboxylic acids is 1. The average molecular weight is 403 g/mol. The molecular formula is C17H11BrN2O5. The summed E-state index contributed by atoms with van der Waals surface area (Å²) in [5.74, 6) is -0.500. The van der Waals surface area contributed by atoms with Crippen LogP contribution in [0.15, 0.2) is 57.9 Å². The molecular weight excluding hydrogens is 392 g/mol. The monoisotopic (exact) mass is 402 g/mol. The Bertz CT molecular complexity index is 996. The van der Waals surface area contributed by atoms with Crippen LogP contribution in [0, 0.1) is 10.1 Å². The number of ether oxygens (including phenoxy) is 1. The van der Waals surface area contributed by atoms with Gasteiger partial charge in [-0.25, -0.2) is 9.78 Å². The number of nitrogens with zero attached hydrogens (tertiary/aromatic N) is 2. The molecule has 126 valence electrons. The van der Waals surface area contributed by atoms with Crippen LogP contribution >= 0.6 is 15.9 Å². The second-order valence-corrected chi connectivity index (χ2v) is 5.93. The van der Waals surface area contributed by atoms with E-state index in [9.17, 15) is 14.9 Å². The zero-order valence-corrected chi connectivity index (χ0v) is 14.4. The van der Waals surface area contributed by atoms with Gasteiger partial charge in [0.1, 0.15) is 17.7 Å². The topological polar surface area (TPSA) is 95.5 Å². The number of aromatic nitrogens is 1. The van der Waals surface area contributed by atoms with Crippen molar-refractivity contribution in [3.63, 3.8) is 0 Å². The molecule has 0 fully saturated rings. The Morgan fingerprint density at radius 1 is 1.40 bits per heavy atom. The van der Waals surface area contributed by atoms with Crippen LogP contribution in [0.3, 0.4) is 0 Å². The normalized spacial score (nSPS) is 10.6. The summed E-state index contributed by atoms with van der Waals surface area (Å²) in [6, 6.07) is 9.58. The smallest absolute Gasteiger partial charge is 0.342 e. The van der Waals surface area contributed by atoms with Gasteiger partial charge in [-0.15, -0.1) is 0 Å². The van der Waals surface area contributed by atoms with E-state index < -0.39 is 10.9 Å². The second kappa shape index (κ2) is 6.86. The third-order valence-corrected chi connectivity index (χ3v) is 3.80. The summed E-state index contributed by atoms with van der Waals surface area (Å²) in [5, 5.41) is 11.1. The molecule has 1 heterocycles. The van der Waals surface area contributed by atoms with Gasteiger partial charge in [-0.1, -0.05) is 34.7 Å². The summed E-state index contributed by atoms with van der Waals surface area (Å²) in [5.41, 5.74) is 0.676. The van der Waals surface area contributed by atoms with Crippen LogP contribution in [0.4, 0.5) is 5.69 Å². The Hall–Kier alpha value is -3.00. The Labute approximate surface area is 150 Å². The molecule has 0 unspecified atom stereocenters. The number of rotatable bonds is 5. The number of hydrogen-bond donors (Lipinski definition) is 0. The SMILES string of the molecule is C=CCOC(=O)c1cc([N+](=O)[O-])cc2nc(-c3cccc(Br)c3)oc12. The van der Waals surface area contributed by atoms with Gasteiger partial charge in [0.05, 0.1) is 4.92 Å². The van der Waals surface area contributed by atoms with E-state index in [0.29, 0.717) is 5.56 Å². The molecule has 0 amide bonds. The fourth-order valence-electron chi connectivity index (χ4n) is 2.23. The summed E-state index contributed by atoms with van der Waals surface area (Å²) in [4.78, 5) is 27.0. The molecule has 1 aromatic heterocycles. The van der Waals surface area contributed by atoms with Crippen molar-refractivity contribution in [2.75, 3.05) is 6.61 Å². The van der Waals surface area contributed by atoms with Crippen molar-refractivity contribution >= 4 is 38.7 Å². The Morgan fingerprint density at radius 3 is 2.88 bits per heavy atom. The maximum Gasteiger partial charge on any atom is 0.342 e. The van der Waals surface area contributed by atoms with E-state index in [0.717, 1.165) is 10.5 Å². The van der Waals surface area contributed by atoms with Crippen molar-refractivity contribution in [3.8, 4) is 11.5 Å². The van der Waals surface area contributed by atoms with E-state index in [1.807, 2.05) is 6.07 Å². The van der Waals surface area contributed by atoms with Gasteiger partial charge >= 0.3 is 5.97 Å². The Morgan fingerprint density at radius 2 is 2.20 bits per heavy atom. The molecule has 0 radical (unpaired) electrons. The number of halogens is 1. The van der Waals surface area contributed by atoms with Crippen molar-refractivity contribution in [2.24, 2.45) is 0 Å². The van der Waals surface area contributed by atoms with Gasteiger partial charge in [0.25, 0.3) is 5.69 Å². The minimum absolute atomic E-state index is 0.0182. The molecule has 7 nitrogen and oxygen atoms in total. The largest absolute Gasteiger partial charge is 0.458 e. The summed E-state index contributed by atoms with van der Waals surface area (Å²) in [7, 11) is 0. The van der Waals surface area contributed by atoms with Crippen LogP contribution in [0.5, 0.6) is 0 Å². The van der Waals surface area contributed by atoms with Crippen LogP contribution in [-0.4, -0.2) is 22.5 Å². The molecule has 0 aliphatic carbocycles. The maximum absolute atomic E-state index is 12.2. The lowest BCUT2D eigenvalue weighted by Gasteiger charge is -2.02. The first-order chi connectivity index (χ1) is 12.0. The third-order valence-electron chi connectivity index (χ3n) is 3.31. The van der Waals surface area contributed by atoms with Gasteiger partial charge in [-0.3, -0.25) is 10.1 Å². The fraction of sp³-hybridized carbons (Fsp3) is 0.0588. The molecule has 0 aliphatic heterocycles. The van der Waals surface area contributed by atoms with Crippen molar-refractivity contribution in [1.29, 1.82) is 0 Å². The van der Waals surface area contributed by atoms with Crippen LogP contribution in [0.1, 0.15) is 10.4 Å². The summed E-state index contributed by atoms with van der Waals surface area (Å²) in [6.07, 6.45) is 1.40. The van der Waals surface area contributed by atoms with E-state index in [4.69, 9.17) is 9.15 Å². The number of benzene rings is 2. The standard InChI is InChI=1S/C17H11BrN2O5/c1-2-6-24-17(21)13-8-12(20(22)23)9-14-15(13)25-16(19-14)10-4-3-5-11(18)7-10/h2-5,7-9H,1,6H2. The van der Waals surface area contributed by atoms with Crippen LogP contribution in [0.25, 0.3) is 22.6 Å². The number of nitro groups is 1. The number of oxazole rings is 1. The highest BCUT2D eigenvalue weighted by Gasteiger charge is 2.23. The Balaban J connectivity index is 2.17. The van der Waals surface area contributed by atoms with Crippen LogP contribution in [0.2, 0.25) is 0 Å². The van der Waals surface area contributed by atoms with Gasteiger partial charge < -0.3 is 9.15 Å². The Kier molecular flexibility index (Phi) is 4.62. The zero-order valence-electron chi connectivity index (χ0n) is 12.8. The third kappa shape index (κ3) is 3.43. The lowest BCUT2D eigenvalue weighted by molar-refractivity contribution is -0.384. The highest BCUT2D eigenvalue weighted by Crippen LogP contribution is 2.31. The van der Waals surface area contributed by atoms with Gasteiger partial charge in [-0.05, 0) is 18.2 Å². The molecule has 3 rings (SSSR count). The molecule has 0 saturated heterocycles. The first-order valence-electron chi connectivity index (χ1n) is 7.12. The van der Waals surface area contributed by atoms with E-state index in [-0.39, 0.29) is 34.8 Å².